The van der Waals surface area contributed by atoms with E-state index in [0.29, 0.717) is 6.61 Å². The van der Waals surface area contributed by atoms with Crippen molar-refractivity contribution < 1.29 is 14.3 Å². The van der Waals surface area contributed by atoms with Crippen molar-refractivity contribution in [2.75, 3.05) is 7.11 Å². The fourth-order valence-corrected chi connectivity index (χ4v) is 2.37. The Morgan fingerprint density at radius 1 is 1.17 bits per heavy atom. The molecular weight excluding hydrogens is 290 g/mol. The van der Waals surface area contributed by atoms with Gasteiger partial charge in [-0.3, -0.25) is 4.79 Å². The third-order valence-electron chi connectivity index (χ3n) is 3.53. The van der Waals surface area contributed by atoms with Crippen LogP contribution >= 0.6 is 0 Å². The van der Waals surface area contributed by atoms with Crippen molar-refractivity contribution in [3.05, 3.63) is 64.7 Å². The predicted octanol–water partition coefficient (Wildman–Crippen LogP) is 3.39. The van der Waals surface area contributed by atoms with Gasteiger partial charge in [-0.1, -0.05) is 24.3 Å². The van der Waals surface area contributed by atoms with Crippen LogP contribution in [0, 0.1) is 13.8 Å². The van der Waals surface area contributed by atoms with E-state index in [-0.39, 0.29) is 0 Å². The van der Waals surface area contributed by atoms with Crippen molar-refractivity contribution in [1.29, 1.82) is 0 Å². The number of rotatable bonds is 6. The Morgan fingerprint density at radius 3 is 2.48 bits per heavy atom. The van der Waals surface area contributed by atoms with Gasteiger partial charge in [-0.05, 0) is 48.7 Å². The second kappa shape index (κ2) is 7.49. The first kappa shape index (κ1) is 16.6. The predicted molar refractivity (Wildman–Crippen MR) is 91.5 cm³/mol. The molecule has 0 saturated heterocycles. The zero-order valence-electron chi connectivity index (χ0n) is 13.6. The highest BCUT2D eigenvalue weighted by Crippen LogP contribution is 2.26. The van der Waals surface area contributed by atoms with Gasteiger partial charge in [0, 0.05) is 11.6 Å². The van der Waals surface area contributed by atoms with E-state index in [4.69, 9.17) is 15.2 Å². The summed E-state index contributed by atoms with van der Waals surface area (Å²) in [6.45, 7) is 4.42. The molecule has 0 radical (unpaired) electrons. The maximum Gasteiger partial charge on any atom is 0.241 e. The average Bonchev–Trinajstić information content (AvgIpc) is 2.52. The molecule has 120 valence electrons. The van der Waals surface area contributed by atoms with Crippen LogP contribution in [0.5, 0.6) is 11.5 Å². The van der Waals surface area contributed by atoms with Crippen LogP contribution < -0.4 is 15.2 Å². The lowest BCUT2D eigenvalue weighted by Crippen LogP contribution is -2.05. The van der Waals surface area contributed by atoms with Crippen molar-refractivity contribution >= 4 is 12.0 Å². The van der Waals surface area contributed by atoms with Crippen LogP contribution in [-0.4, -0.2) is 13.0 Å². The summed E-state index contributed by atoms with van der Waals surface area (Å²) < 4.78 is 11.4. The summed E-state index contributed by atoms with van der Waals surface area (Å²) in [5.41, 5.74) is 9.08. The third-order valence-corrected chi connectivity index (χ3v) is 3.53. The molecule has 0 bridgehead atoms. The highest BCUT2D eigenvalue weighted by molar-refractivity contribution is 5.90. The molecule has 4 nitrogen and oxygen atoms in total. The number of benzene rings is 2. The minimum Gasteiger partial charge on any atom is -0.496 e. The van der Waals surface area contributed by atoms with E-state index in [1.54, 1.807) is 13.2 Å². The number of para-hydroxylation sites is 1. The first-order valence-electron chi connectivity index (χ1n) is 7.34. The van der Waals surface area contributed by atoms with Gasteiger partial charge in [0.05, 0.1) is 7.11 Å². The zero-order valence-corrected chi connectivity index (χ0v) is 13.6. The van der Waals surface area contributed by atoms with Crippen LogP contribution in [0.4, 0.5) is 0 Å². The van der Waals surface area contributed by atoms with Gasteiger partial charge in [0.15, 0.2) is 0 Å². The molecule has 0 aliphatic carbocycles. The monoisotopic (exact) mass is 311 g/mol. The molecule has 0 atom stereocenters. The Labute approximate surface area is 136 Å². The number of carbonyl (C=O) groups is 1. The van der Waals surface area contributed by atoms with E-state index < -0.39 is 5.91 Å². The molecule has 0 aromatic heterocycles. The van der Waals surface area contributed by atoms with E-state index in [9.17, 15) is 4.79 Å². The van der Waals surface area contributed by atoms with Gasteiger partial charge in [0.1, 0.15) is 18.1 Å². The molecular formula is C19H21NO3. The van der Waals surface area contributed by atoms with Crippen molar-refractivity contribution in [3.63, 3.8) is 0 Å². The molecule has 0 fully saturated rings. The summed E-state index contributed by atoms with van der Waals surface area (Å²) in [6, 6.07) is 11.7. The van der Waals surface area contributed by atoms with Crippen LogP contribution in [0.25, 0.3) is 6.08 Å². The number of amides is 1. The second-order valence-electron chi connectivity index (χ2n) is 5.32. The lowest BCUT2D eigenvalue weighted by molar-refractivity contribution is -0.113. The molecule has 2 aromatic rings. The van der Waals surface area contributed by atoms with E-state index in [1.165, 1.54) is 6.08 Å². The van der Waals surface area contributed by atoms with Crippen LogP contribution in [0.3, 0.4) is 0 Å². The Kier molecular flexibility index (Phi) is 5.41. The van der Waals surface area contributed by atoms with Crippen molar-refractivity contribution in [3.8, 4) is 11.5 Å². The zero-order chi connectivity index (χ0) is 16.8. The van der Waals surface area contributed by atoms with Gasteiger partial charge < -0.3 is 15.2 Å². The van der Waals surface area contributed by atoms with Crippen LogP contribution in [0.1, 0.15) is 22.3 Å². The first-order chi connectivity index (χ1) is 11.0. The number of ether oxygens (including phenoxy) is 2. The first-order valence-corrected chi connectivity index (χ1v) is 7.34. The van der Waals surface area contributed by atoms with Crippen LogP contribution in [0.15, 0.2) is 42.5 Å². The molecule has 23 heavy (non-hydrogen) atoms. The van der Waals surface area contributed by atoms with E-state index >= 15 is 0 Å². The third kappa shape index (κ3) is 4.36. The van der Waals surface area contributed by atoms with E-state index in [2.05, 4.69) is 0 Å². The summed E-state index contributed by atoms with van der Waals surface area (Å²) in [4.78, 5) is 10.9. The molecule has 0 spiro atoms. The van der Waals surface area contributed by atoms with Gasteiger partial charge in [-0.15, -0.1) is 0 Å². The largest absolute Gasteiger partial charge is 0.496 e. The molecule has 0 heterocycles. The maximum atomic E-state index is 10.9. The Morgan fingerprint density at radius 2 is 1.87 bits per heavy atom. The van der Waals surface area contributed by atoms with E-state index in [0.717, 1.165) is 33.8 Å². The Balaban J connectivity index is 2.24. The SMILES string of the molecule is COc1ccc(/C=C\C(N)=O)cc1COc1c(C)cccc1C. The van der Waals surface area contributed by atoms with Crippen molar-refractivity contribution in [1.82, 2.24) is 0 Å². The van der Waals surface area contributed by atoms with Gasteiger partial charge in [-0.25, -0.2) is 0 Å². The number of aryl methyl sites for hydroxylation is 2. The maximum absolute atomic E-state index is 10.9. The lowest BCUT2D eigenvalue weighted by atomic mass is 10.1. The molecule has 0 aliphatic rings. The quantitative estimate of drug-likeness (QED) is 0.832. The summed E-state index contributed by atoms with van der Waals surface area (Å²) in [5.74, 6) is 1.15. The molecule has 1 amide bonds. The van der Waals surface area contributed by atoms with Gasteiger partial charge in [0.2, 0.25) is 5.91 Å². The summed E-state index contributed by atoms with van der Waals surface area (Å²) in [5, 5.41) is 0. The summed E-state index contributed by atoms with van der Waals surface area (Å²) >= 11 is 0. The fraction of sp³-hybridized carbons (Fsp3) is 0.211. The molecule has 0 unspecified atom stereocenters. The second-order valence-corrected chi connectivity index (χ2v) is 5.32. The number of methoxy groups -OCH3 is 1. The molecule has 0 aliphatic heterocycles. The van der Waals surface area contributed by atoms with Crippen LogP contribution in [-0.2, 0) is 11.4 Å². The van der Waals surface area contributed by atoms with Gasteiger partial charge in [-0.2, -0.15) is 0 Å². The molecule has 2 rings (SSSR count). The lowest BCUT2D eigenvalue weighted by Gasteiger charge is -2.14. The molecule has 0 saturated carbocycles. The number of nitrogens with two attached hydrogens (primary N) is 1. The summed E-state index contributed by atoms with van der Waals surface area (Å²) in [6.07, 6.45) is 3.00. The Bertz CT molecular complexity index is 715. The van der Waals surface area contributed by atoms with Crippen molar-refractivity contribution in [2.45, 2.75) is 20.5 Å². The topological polar surface area (TPSA) is 61.5 Å². The number of hydrogen-bond donors (Lipinski definition) is 1. The van der Waals surface area contributed by atoms with E-state index in [1.807, 2.05) is 50.2 Å². The van der Waals surface area contributed by atoms with Crippen molar-refractivity contribution in [2.24, 2.45) is 5.73 Å². The summed E-state index contributed by atoms with van der Waals surface area (Å²) in [7, 11) is 1.62. The minimum atomic E-state index is -0.478. The van der Waals surface area contributed by atoms with Crippen LogP contribution in [0.2, 0.25) is 0 Å². The van der Waals surface area contributed by atoms with Gasteiger partial charge in [0.25, 0.3) is 0 Å². The van der Waals surface area contributed by atoms with Gasteiger partial charge >= 0.3 is 0 Å². The number of hydrogen-bond acceptors (Lipinski definition) is 3. The number of carbonyl (C=O) groups excluding carboxylic acids is 1. The number of primary amides is 1. The standard InChI is InChI=1S/C19H21NO3/c1-13-5-4-6-14(2)19(13)23-12-16-11-15(8-10-18(20)21)7-9-17(16)22-3/h4-11H,12H2,1-3H3,(H2,20,21)/b10-8-. The molecule has 2 N–H and O–H groups in total. The Hall–Kier alpha value is -2.75. The normalized spacial score (nSPS) is 10.7. The molecule has 4 heteroatoms. The smallest absolute Gasteiger partial charge is 0.241 e. The molecule has 2 aromatic carbocycles. The highest BCUT2D eigenvalue weighted by atomic mass is 16.5. The average molecular weight is 311 g/mol. The minimum absolute atomic E-state index is 0.382. The fourth-order valence-electron chi connectivity index (χ4n) is 2.37. The highest BCUT2D eigenvalue weighted by Gasteiger charge is 2.08.